The summed E-state index contributed by atoms with van der Waals surface area (Å²) < 4.78 is 5.37. The molecule has 20 heteroatoms. The molecule has 5 heterocycles. The fourth-order valence-corrected chi connectivity index (χ4v) is 16.8. The van der Waals surface area contributed by atoms with Crippen LogP contribution in [0.5, 0.6) is 0 Å². The SMILES string of the molecule is Cc1cc(-c2nc(-c3ccccc3)nc(-c3ccccc3)n2)c(C)cc1Br.Cc1cc(-c2nc(-c3ccccc3)nc(-c3ccccc3)n2)cc(C)c1Br.Cc1cc(-c2nc(-c3ccccc3)nc(-c3ccccc3)n2)ccc1Br.Cc1cc(Br)cc(C)c1-c1nc(-c2ccccc2)nc(-c2ccccc2)n1.Cc1cc(Br)ccc1-c1nc(-c2ccccc2)nc(-c2ccccc2)n1. The van der Waals surface area contributed by atoms with E-state index < -0.39 is 0 Å². The Labute approximate surface area is 816 Å². The molecule has 0 unspecified atom stereocenters. The lowest BCUT2D eigenvalue weighted by molar-refractivity contribution is 1.07. The van der Waals surface area contributed by atoms with Gasteiger partial charge in [-0.1, -0.05) is 389 Å². The van der Waals surface area contributed by atoms with Gasteiger partial charge in [0.2, 0.25) is 0 Å². The van der Waals surface area contributed by atoms with Gasteiger partial charge in [-0.15, -0.1) is 0 Å². The van der Waals surface area contributed by atoms with Crippen LogP contribution < -0.4 is 0 Å². The summed E-state index contributed by atoms with van der Waals surface area (Å²) in [5.41, 5.74) is 23.9. The van der Waals surface area contributed by atoms with Crippen molar-refractivity contribution in [2.75, 3.05) is 0 Å². The van der Waals surface area contributed by atoms with Crippen LogP contribution in [0.25, 0.3) is 171 Å². The maximum Gasteiger partial charge on any atom is 0.164 e. The van der Waals surface area contributed by atoms with Crippen molar-refractivity contribution < 1.29 is 0 Å². The maximum atomic E-state index is 4.81. The Morgan fingerprint density at radius 3 is 0.647 bits per heavy atom. The van der Waals surface area contributed by atoms with Crippen molar-refractivity contribution in [2.45, 2.75) is 55.4 Å². The predicted octanol–water partition coefficient (Wildman–Crippen LogP) is 30.6. The minimum atomic E-state index is 0.674. The number of halogens is 5. The van der Waals surface area contributed by atoms with Gasteiger partial charge < -0.3 is 0 Å². The van der Waals surface area contributed by atoms with E-state index in [1.54, 1.807) is 0 Å². The van der Waals surface area contributed by atoms with E-state index in [0.29, 0.717) is 87.4 Å². The van der Waals surface area contributed by atoms with E-state index in [-0.39, 0.29) is 0 Å². The van der Waals surface area contributed by atoms with E-state index >= 15 is 0 Å². The number of aryl methyl sites for hydroxylation is 8. The molecule has 0 radical (unpaired) electrons. The zero-order valence-electron chi connectivity index (χ0n) is 73.9. The van der Waals surface area contributed by atoms with Crippen LogP contribution in [0.2, 0.25) is 0 Å². The standard InChI is InChI=1S/3C23H18BrN3.2C22H16BrN3/c1-15-14-20(24)16(2)13-19(15)23-26-21(17-9-5-3-6-10-17)25-22(27-23)18-11-7-4-8-12-18;1-15-13-19(24)14-16(2)20(15)23-26-21(17-9-5-3-6-10-17)25-22(27-23)18-11-7-4-8-12-18;1-15-13-19(14-16(2)20(15)24)23-26-21(17-9-5-3-6-10-17)25-22(27-23)18-11-7-4-8-12-18;1-15-14-18(23)12-13-19(15)22-25-20(16-8-4-2-5-9-16)24-21(26-22)17-10-6-3-7-11-17;1-15-14-18(12-13-19(15)23)22-25-20(16-8-4-2-5-9-16)24-21(26-22)17-10-6-3-7-11-17/h3*3-14H,1-2H3;2*2-14H,1H3. The van der Waals surface area contributed by atoms with E-state index in [9.17, 15) is 0 Å². The van der Waals surface area contributed by atoms with Gasteiger partial charge in [-0.2, -0.15) is 0 Å². The zero-order valence-corrected chi connectivity index (χ0v) is 81.8. The molecule has 0 amide bonds. The third-order valence-electron chi connectivity index (χ3n) is 21.5. The van der Waals surface area contributed by atoms with E-state index in [1.165, 1.54) is 0 Å². The summed E-state index contributed by atoms with van der Waals surface area (Å²) >= 11 is 17.9. The van der Waals surface area contributed by atoms with Gasteiger partial charge in [-0.25, -0.2) is 74.8 Å². The molecule has 0 aliphatic rings. The molecule has 0 spiro atoms. The molecule has 5 aromatic heterocycles. The number of benzene rings is 15. The molecule has 0 N–H and O–H groups in total. The molecule has 133 heavy (non-hydrogen) atoms. The first kappa shape index (κ1) is 92.0. The first-order valence-electron chi connectivity index (χ1n) is 43.0. The predicted molar refractivity (Wildman–Crippen MR) is 557 cm³/mol. The van der Waals surface area contributed by atoms with E-state index in [2.05, 4.69) is 184 Å². The van der Waals surface area contributed by atoms with E-state index in [0.717, 1.165) is 150 Å². The highest BCUT2D eigenvalue weighted by Crippen LogP contribution is 2.37. The van der Waals surface area contributed by atoms with Gasteiger partial charge in [0.1, 0.15) is 0 Å². The second-order valence-electron chi connectivity index (χ2n) is 31.4. The fraction of sp³-hybridized carbons (Fsp3) is 0.0708. The van der Waals surface area contributed by atoms with Crippen LogP contribution >= 0.6 is 79.6 Å². The van der Waals surface area contributed by atoms with Crippen molar-refractivity contribution in [3.05, 3.63) is 443 Å². The second-order valence-corrected chi connectivity index (χ2v) is 35.7. The van der Waals surface area contributed by atoms with E-state index in [4.69, 9.17) is 74.8 Å². The normalized spacial score (nSPS) is 10.7. The largest absolute Gasteiger partial charge is 0.208 e. The molecule has 0 aliphatic carbocycles. The number of nitrogens with zero attached hydrogens (tertiary/aromatic N) is 15. The summed E-state index contributed by atoms with van der Waals surface area (Å²) in [4.78, 5) is 71.4. The quantitative estimate of drug-likeness (QED) is 0.0940. The lowest BCUT2D eigenvalue weighted by atomic mass is 10.0. The minimum absolute atomic E-state index is 0.674. The number of aromatic nitrogens is 15. The van der Waals surface area contributed by atoms with Crippen molar-refractivity contribution in [1.82, 2.24) is 74.8 Å². The van der Waals surface area contributed by atoms with E-state index in [1.807, 2.05) is 328 Å². The van der Waals surface area contributed by atoms with Crippen molar-refractivity contribution in [3.8, 4) is 171 Å². The molecular formula is C113H86Br5N15. The van der Waals surface area contributed by atoms with Crippen LogP contribution in [0.15, 0.2) is 398 Å². The van der Waals surface area contributed by atoms with Crippen molar-refractivity contribution in [3.63, 3.8) is 0 Å². The number of hydrogen-bond donors (Lipinski definition) is 0. The number of hydrogen-bond acceptors (Lipinski definition) is 15. The van der Waals surface area contributed by atoms with Gasteiger partial charge >= 0.3 is 0 Å². The topological polar surface area (TPSA) is 193 Å². The Kier molecular flexibility index (Phi) is 30.2. The molecule has 0 saturated heterocycles. The Bertz CT molecular complexity index is 7100. The molecular weight excluding hydrogens is 1970 g/mol. The highest BCUT2D eigenvalue weighted by Gasteiger charge is 2.22. The Morgan fingerprint density at radius 2 is 0.368 bits per heavy atom. The van der Waals surface area contributed by atoms with Crippen LogP contribution in [0.4, 0.5) is 0 Å². The Hall–Kier alpha value is -14.3. The number of rotatable bonds is 15. The fourth-order valence-electron chi connectivity index (χ4n) is 14.7. The van der Waals surface area contributed by atoms with Gasteiger partial charge in [0.25, 0.3) is 0 Å². The second kappa shape index (κ2) is 43.7. The highest BCUT2D eigenvalue weighted by atomic mass is 79.9. The van der Waals surface area contributed by atoms with Gasteiger partial charge in [0.05, 0.1) is 0 Å². The average Bonchev–Trinajstić information content (AvgIpc) is 0.796. The highest BCUT2D eigenvalue weighted by molar-refractivity contribution is 9.11. The lowest BCUT2D eigenvalue weighted by Crippen LogP contribution is -2.02. The van der Waals surface area contributed by atoms with Crippen molar-refractivity contribution in [2.24, 2.45) is 0 Å². The summed E-state index contributed by atoms with van der Waals surface area (Å²) in [6, 6.07) is 125. The summed E-state index contributed by atoms with van der Waals surface area (Å²) in [5.74, 6) is 10.2. The monoisotopic (exact) mass is 2050 g/mol. The molecule has 0 bridgehead atoms. The van der Waals surface area contributed by atoms with Gasteiger partial charge in [0.15, 0.2) is 87.4 Å². The third-order valence-corrected chi connectivity index (χ3v) is 25.5. The minimum Gasteiger partial charge on any atom is -0.208 e. The van der Waals surface area contributed by atoms with Crippen molar-refractivity contribution >= 4 is 79.6 Å². The summed E-state index contributed by atoms with van der Waals surface area (Å²) in [6.07, 6.45) is 0. The molecule has 20 rings (SSSR count). The molecule has 20 aromatic rings. The maximum absolute atomic E-state index is 4.81. The smallest absolute Gasteiger partial charge is 0.164 e. The summed E-state index contributed by atoms with van der Waals surface area (Å²) in [7, 11) is 0. The van der Waals surface area contributed by atoms with Gasteiger partial charge in [-0.3, -0.25) is 0 Å². The first-order chi connectivity index (χ1) is 64.7. The summed E-state index contributed by atoms with van der Waals surface area (Å²) in [6.45, 7) is 16.6. The molecule has 0 fully saturated rings. The molecule has 15 aromatic carbocycles. The third kappa shape index (κ3) is 23.4. The molecule has 0 aliphatic heterocycles. The molecule has 0 saturated carbocycles. The van der Waals surface area contributed by atoms with Crippen LogP contribution in [0.3, 0.4) is 0 Å². The zero-order chi connectivity index (χ0) is 92.3. The lowest BCUT2D eigenvalue weighted by Gasteiger charge is -2.12. The Morgan fingerprint density at radius 1 is 0.143 bits per heavy atom. The van der Waals surface area contributed by atoms with Crippen molar-refractivity contribution in [1.29, 1.82) is 0 Å². The molecule has 0 atom stereocenters. The molecule has 648 valence electrons. The van der Waals surface area contributed by atoms with Gasteiger partial charge in [0, 0.05) is 106 Å². The molecule has 15 nitrogen and oxygen atoms in total. The van der Waals surface area contributed by atoms with Crippen LogP contribution in [0, 0.1) is 55.4 Å². The summed E-state index contributed by atoms with van der Waals surface area (Å²) in [5, 5.41) is 0. The van der Waals surface area contributed by atoms with Gasteiger partial charge in [-0.05, 0) is 167 Å². The first-order valence-corrected chi connectivity index (χ1v) is 46.9. The Balaban J connectivity index is 0.000000121. The van der Waals surface area contributed by atoms with Crippen LogP contribution in [-0.4, -0.2) is 74.8 Å². The van der Waals surface area contributed by atoms with Crippen LogP contribution in [0.1, 0.15) is 44.5 Å². The van der Waals surface area contributed by atoms with Crippen LogP contribution in [-0.2, 0) is 0 Å². The average molecular weight is 2050 g/mol.